The number of benzene rings is 1. The Hall–Kier alpha value is -2.78. The van der Waals surface area contributed by atoms with Crippen LogP contribution in [0.4, 0.5) is 5.82 Å². The van der Waals surface area contributed by atoms with E-state index in [4.69, 9.17) is 0 Å². The van der Waals surface area contributed by atoms with E-state index in [2.05, 4.69) is 15.3 Å². The van der Waals surface area contributed by atoms with E-state index in [9.17, 15) is 13.2 Å². The molecule has 0 spiro atoms. The van der Waals surface area contributed by atoms with Crippen LogP contribution in [0.1, 0.15) is 37.2 Å². The summed E-state index contributed by atoms with van der Waals surface area (Å²) in [6.45, 7) is 3.01. The number of carbonyl (C=O) groups is 1. The molecule has 1 aliphatic rings. The molecule has 0 radical (unpaired) electrons. The number of anilines is 1. The molecule has 1 fully saturated rings. The van der Waals surface area contributed by atoms with Gasteiger partial charge < -0.3 is 9.88 Å². The highest BCUT2D eigenvalue weighted by Gasteiger charge is 2.26. The third-order valence-electron chi connectivity index (χ3n) is 5.63. The van der Waals surface area contributed by atoms with E-state index in [0.717, 1.165) is 36.3 Å². The van der Waals surface area contributed by atoms with Crippen molar-refractivity contribution in [2.45, 2.75) is 43.9 Å². The number of sulfonamides is 1. The van der Waals surface area contributed by atoms with Crippen molar-refractivity contribution in [3.63, 3.8) is 0 Å². The Balaban J connectivity index is 1.49. The van der Waals surface area contributed by atoms with Gasteiger partial charge in [0.1, 0.15) is 11.6 Å². The zero-order valence-corrected chi connectivity index (χ0v) is 18.7. The number of piperidine rings is 1. The summed E-state index contributed by atoms with van der Waals surface area (Å²) in [5.74, 6) is 1.12. The van der Waals surface area contributed by atoms with Crippen LogP contribution in [0, 0.1) is 6.92 Å². The lowest BCUT2D eigenvalue weighted by atomic mass is 10.2. The lowest BCUT2D eigenvalue weighted by molar-refractivity contribution is -0.116. The number of imidazole rings is 1. The van der Waals surface area contributed by atoms with E-state index < -0.39 is 10.0 Å². The Labute approximate surface area is 182 Å². The number of fused-ring (bicyclic) bond motifs is 1. The molecule has 0 saturated carbocycles. The first-order valence-electron chi connectivity index (χ1n) is 10.5. The summed E-state index contributed by atoms with van der Waals surface area (Å²) in [5.41, 5.74) is 2.30. The lowest BCUT2D eigenvalue weighted by Crippen LogP contribution is -2.35. The molecule has 1 saturated heterocycles. The third-order valence-corrected chi connectivity index (χ3v) is 7.52. The largest absolute Gasteiger partial charge is 0.331 e. The van der Waals surface area contributed by atoms with Gasteiger partial charge >= 0.3 is 0 Å². The lowest BCUT2D eigenvalue weighted by Gasteiger charge is -2.25. The van der Waals surface area contributed by atoms with Gasteiger partial charge in [0.05, 0.1) is 15.9 Å². The molecule has 3 heterocycles. The summed E-state index contributed by atoms with van der Waals surface area (Å²) >= 11 is 0. The number of hydrogen-bond donors (Lipinski definition) is 1. The number of hydrogen-bond acceptors (Lipinski definition) is 5. The van der Waals surface area contributed by atoms with Crippen molar-refractivity contribution < 1.29 is 13.2 Å². The van der Waals surface area contributed by atoms with Crippen molar-refractivity contribution >= 4 is 32.8 Å². The van der Waals surface area contributed by atoms with Crippen LogP contribution in [0.25, 0.3) is 11.0 Å². The summed E-state index contributed by atoms with van der Waals surface area (Å²) in [6, 6.07) is 10.5. The minimum absolute atomic E-state index is 0.140. The maximum absolute atomic E-state index is 13.0. The molecule has 0 atom stereocenters. The minimum atomic E-state index is -3.51. The van der Waals surface area contributed by atoms with E-state index in [0.29, 0.717) is 30.8 Å². The average molecular weight is 442 g/mol. The third kappa shape index (κ3) is 4.62. The monoisotopic (exact) mass is 441 g/mol. The zero-order chi connectivity index (χ0) is 22.0. The number of nitrogens with zero attached hydrogens (tertiary/aromatic N) is 4. The van der Waals surface area contributed by atoms with Crippen LogP contribution >= 0.6 is 0 Å². The average Bonchev–Trinajstić information content (AvgIpc) is 3.08. The van der Waals surface area contributed by atoms with E-state index >= 15 is 0 Å². The molecule has 0 unspecified atom stereocenters. The Morgan fingerprint density at radius 2 is 1.87 bits per heavy atom. The van der Waals surface area contributed by atoms with E-state index in [1.165, 1.54) is 0 Å². The molecule has 1 aliphatic heterocycles. The predicted molar refractivity (Wildman–Crippen MR) is 119 cm³/mol. The zero-order valence-electron chi connectivity index (χ0n) is 17.8. The topological polar surface area (TPSA) is 97.2 Å². The van der Waals surface area contributed by atoms with Crippen molar-refractivity contribution in [1.82, 2.24) is 18.8 Å². The first kappa shape index (κ1) is 21.5. The van der Waals surface area contributed by atoms with Gasteiger partial charge in [-0.15, -0.1) is 0 Å². The van der Waals surface area contributed by atoms with Crippen molar-refractivity contribution in [2.24, 2.45) is 7.05 Å². The normalized spacial score (nSPS) is 15.3. The highest BCUT2D eigenvalue weighted by Crippen LogP contribution is 2.25. The predicted octanol–water partition coefficient (Wildman–Crippen LogP) is 3.02. The van der Waals surface area contributed by atoms with Gasteiger partial charge in [-0.25, -0.2) is 18.4 Å². The number of nitrogens with one attached hydrogen (secondary N) is 1. The Morgan fingerprint density at radius 3 is 2.61 bits per heavy atom. The number of rotatable bonds is 6. The van der Waals surface area contributed by atoms with Crippen molar-refractivity contribution in [3.05, 3.63) is 47.9 Å². The van der Waals surface area contributed by atoms with Gasteiger partial charge in [0, 0.05) is 38.7 Å². The summed E-state index contributed by atoms with van der Waals surface area (Å²) in [6.07, 6.45) is 3.57. The number of aromatic nitrogens is 3. The molecule has 8 nitrogen and oxygen atoms in total. The molecule has 1 amide bonds. The van der Waals surface area contributed by atoms with Crippen LogP contribution in [-0.2, 0) is 28.3 Å². The molecule has 3 aromatic rings. The fourth-order valence-corrected chi connectivity index (χ4v) is 5.45. The summed E-state index contributed by atoms with van der Waals surface area (Å²) in [4.78, 5) is 21.5. The SMILES string of the molecule is Cc1cccc(NC(=O)CCc2nc3cc(S(=O)(=O)N4CCCCC4)ccc3n2C)n1. The molecule has 1 N–H and O–H groups in total. The molecular formula is C22H27N5O3S. The van der Waals surface area contributed by atoms with Gasteiger partial charge in [0.15, 0.2) is 0 Å². The van der Waals surface area contributed by atoms with Crippen LogP contribution in [0.5, 0.6) is 0 Å². The quantitative estimate of drug-likeness (QED) is 0.634. The highest BCUT2D eigenvalue weighted by molar-refractivity contribution is 7.89. The summed E-state index contributed by atoms with van der Waals surface area (Å²) in [7, 11) is -1.63. The Kier molecular flexibility index (Phi) is 6.06. The number of amides is 1. The van der Waals surface area contributed by atoms with E-state index in [1.807, 2.05) is 30.7 Å². The van der Waals surface area contributed by atoms with E-state index in [1.54, 1.807) is 28.6 Å². The molecular weight excluding hydrogens is 414 g/mol. The fourth-order valence-electron chi connectivity index (χ4n) is 3.91. The van der Waals surface area contributed by atoms with Gasteiger partial charge in [-0.2, -0.15) is 4.31 Å². The molecule has 9 heteroatoms. The maximum Gasteiger partial charge on any atom is 0.243 e. The van der Waals surface area contributed by atoms with E-state index in [-0.39, 0.29) is 17.2 Å². The Morgan fingerprint density at radius 1 is 1.10 bits per heavy atom. The molecule has 31 heavy (non-hydrogen) atoms. The molecule has 2 aromatic heterocycles. The standard InChI is InChI=1S/C22H27N5O3S/c1-16-7-6-8-20(23-16)25-22(28)12-11-21-24-18-15-17(9-10-19(18)26(21)2)31(29,30)27-13-4-3-5-14-27/h6-10,15H,3-5,11-14H2,1-2H3,(H,23,25,28). The van der Waals surface area contributed by atoms with Crippen LogP contribution in [0.2, 0.25) is 0 Å². The molecule has 4 rings (SSSR count). The van der Waals surface area contributed by atoms with Crippen LogP contribution in [-0.4, -0.2) is 46.3 Å². The second-order valence-corrected chi connectivity index (χ2v) is 9.85. The second kappa shape index (κ2) is 8.76. The maximum atomic E-state index is 13.0. The van der Waals surface area contributed by atoms with Gasteiger partial charge in [-0.1, -0.05) is 12.5 Å². The summed E-state index contributed by atoms with van der Waals surface area (Å²) in [5, 5.41) is 2.80. The molecule has 164 valence electrons. The van der Waals surface area contributed by atoms with Gasteiger partial charge in [0.25, 0.3) is 0 Å². The van der Waals surface area contributed by atoms with Gasteiger partial charge in [-0.3, -0.25) is 4.79 Å². The fraction of sp³-hybridized carbons (Fsp3) is 0.409. The minimum Gasteiger partial charge on any atom is -0.331 e. The number of carbonyl (C=O) groups excluding carboxylic acids is 1. The second-order valence-electron chi connectivity index (χ2n) is 7.91. The first-order chi connectivity index (χ1) is 14.8. The molecule has 0 bridgehead atoms. The number of pyridine rings is 1. The van der Waals surface area contributed by atoms with Gasteiger partial charge in [-0.05, 0) is 50.1 Å². The number of aryl methyl sites for hydroxylation is 3. The van der Waals surface area contributed by atoms with Crippen LogP contribution < -0.4 is 5.32 Å². The van der Waals surface area contributed by atoms with Crippen molar-refractivity contribution in [2.75, 3.05) is 18.4 Å². The van der Waals surface area contributed by atoms with Crippen molar-refractivity contribution in [3.8, 4) is 0 Å². The smallest absolute Gasteiger partial charge is 0.243 e. The van der Waals surface area contributed by atoms with Crippen LogP contribution in [0.3, 0.4) is 0 Å². The molecule has 1 aromatic carbocycles. The highest BCUT2D eigenvalue weighted by atomic mass is 32.2. The van der Waals surface area contributed by atoms with Crippen molar-refractivity contribution in [1.29, 1.82) is 0 Å². The van der Waals surface area contributed by atoms with Crippen LogP contribution in [0.15, 0.2) is 41.3 Å². The Bertz CT molecular complexity index is 1210. The molecule has 0 aliphatic carbocycles. The summed E-state index contributed by atoms with van der Waals surface area (Å²) < 4.78 is 29.4. The van der Waals surface area contributed by atoms with Gasteiger partial charge in [0.2, 0.25) is 15.9 Å². The first-order valence-corrected chi connectivity index (χ1v) is 12.0.